The van der Waals surface area contributed by atoms with Gasteiger partial charge in [0.15, 0.2) is 5.96 Å². The molecule has 1 heterocycles. The number of rotatable bonds is 13. The number of aliphatic hydroxyl groups excluding tert-OH is 1. The highest BCUT2D eigenvalue weighted by Gasteiger charge is 2.39. The minimum atomic E-state index is -1.25. The Kier molecular flexibility index (Phi) is 11.3. The molecule has 2 rings (SSSR count). The van der Waals surface area contributed by atoms with E-state index in [9.17, 15) is 29.4 Å². The van der Waals surface area contributed by atoms with Crippen LogP contribution in [0.5, 0.6) is 0 Å². The van der Waals surface area contributed by atoms with E-state index in [0.717, 1.165) is 5.56 Å². The van der Waals surface area contributed by atoms with Crippen molar-refractivity contribution in [3.63, 3.8) is 0 Å². The number of aliphatic hydroxyl groups is 1. The summed E-state index contributed by atoms with van der Waals surface area (Å²) in [4.78, 5) is 56.1. The van der Waals surface area contributed by atoms with E-state index < -0.39 is 54.0 Å². The van der Waals surface area contributed by atoms with Crippen LogP contribution in [0.4, 0.5) is 0 Å². The van der Waals surface area contributed by atoms with Crippen LogP contribution < -0.4 is 27.8 Å². The predicted molar refractivity (Wildman–Crippen MR) is 136 cm³/mol. The van der Waals surface area contributed by atoms with Crippen LogP contribution in [0.1, 0.15) is 38.2 Å². The summed E-state index contributed by atoms with van der Waals surface area (Å²) in [6.07, 6.45) is 0.328. The minimum absolute atomic E-state index is 0.0866. The van der Waals surface area contributed by atoms with E-state index in [4.69, 9.17) is 17.2 Å². The second-order valence-electron chi connectivity index (χ2n) is 9.06. The maximum atomic E-state index is 13.5. The Labute approximate surface area is 215 Å². The molecule has 0 aliphatic carbocycles. The van der Waals surface area contributed by atoms with Crippen molar-refractivity contribution >= 4 is 29.7 Å². The lowest BCUT2D eigenvalue weighted by Crippen LogP contribution is -2.58. The van der Waals surface area contributed by atoms with Crippen LogP contribution in [-0.4, -0.2) is 88.1 Å². The Morgan fingerprint density at radius 3 is 2.41 bits per heavy atom. The van der Waals surface area contributed by atoms with E-state index in [1.165, 1.54) is 11.8 Å². The zero-order chi connectivity index (χ0) is 27.5. The monoisotopic (exact) mass is 519 g/mol. The van der Waals surface area contributed by atoms with E-state index in [-0.39, 0.29) is 31.9 Å². The average molecular weight is 520 g/mol. The Morgan fingerprint density at radius 1 is 1.14 bits per heavy atom. The first-order chi connectivity index (χ1) is 17.5. The van der Waals surface area contributed by atoms with Gasteiger partial charge in [-0.2, -0.15) is 0 Å². The van der Waals surface area contributed by atoms with Crippen LogP contribution in [0.25, 0.3) is 0 Å². The number of likely N-dealkylation sites (tertiary alicyclic amines) is 1. The number of carboxylic acid groups (broad SMARTS) is 1. The van der Waals surface area contributed by atoms with Crippen LogP contribution in [0.15, 0.2) is 35.3 Å². The van der Waals surface area contributed by atoms with Gasteiger partial charge in [0.2, 0.25) is 17.7 Å². The first-order valence-electron chi connectivity index (χ1n) is 12.2. The lowest BCUT2D eigenvalue weighted by atomic mass is 10.0. The molecule has 0 bridgehead atoms. The third kappa shape index (κ3) is 9.03. The smallest absolute Gasteiger partial charge is 0.326 e. The summed E-state index contributed by atoms with van der Waals surface area (Å²) in [5, 5.41) is 24.4. The van der Waals surface area contributed by atoms with Crippen molar-refractivity contribution in [3.8, 4) is 0 Å². The third-order valence-corrected chi connectivity index (χ3v) is 6.12. The molecule has 0 spiro atoms. The number of amides is 3. The van der Waals surface area contributed by atoms with Crippen LogP contribution in [-0.2, 0) is 25.6 Å². The van der Waals surface area contributed by atoms with Crippen molar-refractivity contribution < 1.29 is 29.4 Å². The largest absolute Gasteiger partial charge is 0.480 e. The van der Waals surface area contributed by atoms with Crippen molar-refractivity contribution in [3.05, 3.63) is 35.9 Å². The zero-order valence-electron chi connectivity index (χ0n) is 20.9. The Morgan fingerprint density at radius 2 is 1.81 bits per heavy atom. The first-order valence-corrected chi connectivity index (χ1v) is 12.2. The molecule has 204 valence electrons. The summed E-state index contributed by atoms with van der Waals surface area (Å²) >= 11 is 0. The van der Waals surface area contributed by atoms with Gasteiger partial charge in [0.1, 0.15) is 24.2 Å². The van der Waals surface area contributed by atoms with Gasteiger partial charge >= 0.3 is 5.97 Å². The van der Waals surface area contributed by atoms with Crippen molar-refractivity contribution in [2.75, 3.05) is 13.1 Å². The molecule has 1 fully saturated rings. The molecule has 10 N–H and O–H groups in total. The summed E-state index contributed by atoms with van der Waals surface area (Å²) in [5.41, 5.74) is 17.1. The van der Waals surface area contributed by atoms with Crippen LogP contribution in [0, 0.1) is 0 Å². The zero-order valence-corrected chi connectivity index (χ0v) is 20.9. The van der Waals surface area contributed by atoms with Crippen molar-refractivity contribution in [1.82, 2.24) is 15.5 Å². The second-order valence-corrected chi connectivity index (χ2v) is 9.06. The summed E-state index contributed by atoms with van der Waals surface area (Å²) < 4.78 is 0. The SMILES string of the molecule is CC(O)C(N)C(=O)NC(CCCN=C(N)N)C(=O)N1CCCC1C(=O)NC(Cc1ccccc1)C(=O)O. The highest BCUT2D eigenvalue weighted by Crippen LogP contribution is 2.20. The number of carbonyl (C=O) groups excluding carboxylic acids is 3. The lowest BCUT2D eigenvalue weighted by molar-refractivity contribution is -0.145. The van der Waals surface area contributed by atoms with E-state index in [0.29, 0.717) is 19.3 Å². The molecule has 1 aromatic carbocycles. The molecule has 13 nitrogen and oxygen atoms in total. The molecule has 0 aromatic heterocycles. The van der Waals surface area contributed by atoms with Crippen LogP contribution in [0.3, 0.4) is 0 Å². The molecule has 5 atom stereocenters. The molecular weight excluding hydrogens is 482 g/mol. The van der Waals surface area contributed by atoms with Crippen LogP contribution in [0.2, 0.25) is 0 Å². The second kappa shape index (κ2) is 14.1. The molecule has 1 aliphatic rings. The standard InChI is InChI=1S/C24H37N7O6/c1-14(32)19(25)21(34)29-16(9-5-11-28-24(26)27)22(35)31-12-6-10-18(31)20(33)30-17(23(36)37)13-15-7-3-2-4-8-15/h2-4,7-8,14,16-19,32H,5-6,9-13,25H2,1H3,(H,29,34)(H,30,33)(H,36,37)(H4,26,27,28). The van der Waals surface area contributed by atoms with E-state index >= 15 is 0 Å². The molecule has 0 radical (unpaired) electrons. The first kappa shape index (κ1) is 29.5. The number of nitrogens with one attached hydrogen (secondary N) is 2. The van der Waals surface area contributed by atoms with Crippen molar-refractivity contribution in [2.24, 2.45) is 22.2 Å². The summed E-state index contributed by atoms with van der Waals surface area (Å²) in [6, 6.07) is 4.53. The molecule has 3 amide bonds. The molecule has 13 heteroatoms. The lowest BCUT2D eigenvalue weighted by Gasteiger charge is -2.30. The summed E-state index contributed by atoms with van der Waals surface area (Å²) in [6.45, 7) is 1.83. The molecule has 1 aliphatic heterocycles. The van der Waals surface area contributed by atoms with Gasteiger partial charge < -0.3 is 42.9 Å². The number of carbonyl (C=O) groups is 4. The van der Waals surface area contributed by atoms with Crippen molar-refractivity contribution in [1.29, 1.82) is 0 Å². The molecule has 0 saturated carbocycles. The number of hydrogen-bond acceptors (Lipinski definition) is 7. The van der Waals surface area contributed by atoms with Gasteiger partial charge in [-0.05, 0) is 38.2 Å². The maximum Gasteiger partial charge on any atom is 0.326 e. The summed E-state index contributed by atoms with van der Waals surface area (Å²) in [5.74, 6) is -3.11. The van der Waals surface area contributed by atoms with Gasteiger partial charge in [-0.15, -0.1) is 0 Å². The topological polar surface area (TPSA) is 226 Å². The number of nitrogens with two attached hydrogens (primary N) is 3. The minimum Gasteiger partial charge on any atom is -0.480 e. The number of aliphatic imine (C=N–C) groups is 1. The van der Waals surface area contributed by atoms with Gasteiger partial charge in [0.25, 0.3) is 0 Å². The highest BCUT2D eigenvalue weighted by atomic mass is 16.4. The predicted octanol–water partition coefficient (Wildman–Crippen LogP) is -1.96. The Bertz CT molecular complexity index is 968. The molecule has 5 unspecified atom stereocenters. The number of benzene rings is 1. The number of hydrogen-bond donors (Lipinski definition) is 7. The van der Waals surface area contributed by atoms with Gasteiger partial charge in [0, 0.05) is 19.5 Å². The van der Waals surface area contributed by atoms with Crippen molar-refractivity contribution in [2.45, 2.75) is 69.3 Å². The molecule has 1 aromatic rings. The normalized spacial score (nSPS) is 18.2. The van der Waals surface area contributed by atoms with Gasteiger partial charge in [-0.3, -0.25) is 19.4 Å². The molecule has 1 saturated heterocycles. The molecular formula is C24H37N7O6. The number of nitrogens with zero attached hydrogens (tertiary/aromatic N) is 2. The quantitative estimate of drug-likeness (QED) is 0.0870. The van der Waals surface area contributed by atoms with E-state index in [1.807, 2.05) is 0 Å². The van der Waals surface area contributed by atoms with Gasteiger partial charge in [-0.1, -0.05) is 30.3 Å². The average Bonchev–Trinajstić information content (AvgIpc) is 3.35. The fourth-order valence-electron chi connectivity index (χ4n) is 4.07. The third-order valence-electron chi connectivity index (χ3n) is 6.12. The van der Waals surface area contributed by atoms with Crippen LogP contribution >= 0.6 is 0 Å². The highest BCUT2D eigenvalue weighted by molar-refractivity contribution is 5.94. The Balaban J connectivity index is 2.14. The fraction of sp³-hybridized carbons (Fsp3) is 0.542. The number of carboxylic acids is 1. The summed E-state index contributed by atoms with van der Waals surface area (Å²) in [7, 11) is 0. The Hall–Kier alpha value is -3.71. The van der Waals surface area contributed by atoms with E-state index in [1.54, 1.807) is 30.3 Å². The number of aliphatic carboxylic acids is 1. The van der Waals surface area contributed by atoms with E-state index in [2.05, 4.69) is 15.6 Å². The van der Waals surface area contributed by atoms with Gasteiger partial charge in [-0.25, -0.2) is 4.79 Å². The number of guanidine groups is 1. The molecule has 37 heavy (non-hydrogen) atoms. The fourth-order valence-corrected chi connectivity index (χ4v) is 4.07. The maximum absolute atomic E-state index is 13.5. The van der Waals surface area contributed by atoms with Gasteiger partial charge in [0.05, 0.1) is 6.10 Å².